The van der Waals surface area contributed by atoms with E-state index in [4.69, 9.17) is 5.11 Å². The summed E-state index contributed by atoms with van der Waals surface area (Å²) in [6.45, 7) is 0.0105. The van der Waals surface area contributed by atoms with Crippen LogP contribution in [0.4, 0.5) is 4.39 Å². The molecule has 3 aromatic heterocycles. The Morgan fingerprint density at radius 2 is 2.04 bits per heavy atom. The smallest absolute Gasteiger partial charge is 0.202 e. The molecule has 0 unspecified atom stereocenters. The van der Waals surface area contributed by atoms with Crippen LogP contribution in [0.5, 0.6) is 0 Å². The number of H-pyrrole nitrogens is 1. The van der Waals surface area contributed by atoms with Crippen molar-refractivity contribution in [2.24, 2.45) is 0 Å². The average Bonchev–Trinajstić information content (AvgIpc) is 3.22. The number of aliphatic hydroxyl groups is 1. The summed E-state index contributed by atoms with van der Waals surface area (Å²) < 4.78 is 15.6. The van der Waals surface area contributed by atoms with Crippen LogP contribution in [-0.2, 0) is 13.2 Å². The molecular formula is C16H13FN6O. The number of benzene rings is 1. The highest BCUT2D eigenvalue weighted by Gasteiger charge is 2.17. The molecule has 0 aliphatic heterocycles. The molecule has 0 saturated carbocycles. The molecule has 0 saturated heterocycles. The van der Waals surface area contributed by atoms with Gasteiger partial charge >= 0.3 is 0 Å². The fourth-order valence-electron chi connectivity index (χ4n) is 2.54. The Hall–Kier alpha value is -3.13. The normalized spacial score (nSPS) is 11.2. The Balaban J connectivity index is 1.83. The van der Waals surface area contributed by atoms with Gasteiger partial charge < -0.3 is 5.11 Å². The lowest BCUT2D eigenvalue weighted by molar-refractivity contribution is 0.272. The molecule has 0 atom stereocenters. The maximum atomic E-state index is 13.9. The van der Waals surface area contributed by atoms with Gasteiger partial charge in [0.25, 0.3) is 0 Å². The van der Waals surface area contributed by atoms with Crippen LogP contribution in [0.1, 0.15) is 11.4 Å². The number of nitrogens with one attached hydrogen (secondary N) is 1. The maximum absolute atomic E-state index is 13.9. The molecule has 0 bridgehead atoms. The average molecular weight is 324 g/mol. The predicted octanol–water partition coefficient (Wildman–Crippen LogP) is 1.90. The molecule has 0 spiro atoms. The Kier molecular flexibility index (Phi) is 3.51. The molecule has 0 aliphatic rings. The van der Waals surface area contributed by atoms with Crippen LogP contribution < -0.4 is 0 Å². The highest BCUT2D eigenvalue weighted by molar-refractivity contribution is 5.89. The number of halogens is 1. The number of fused-ring (bicyclic) bond motifs is 1. The molecule has 2 N–H and O–H groups in total. The van der Waals surface area contributed by atoms with E-state index >= 15 is 0 Å². The lowest BCUT2D eigenvalue weighted by Gasteiger charge is -2.04. The first-order valence-corrected chi connectivity index (χ1v) is 7.33. The van der Waals surface area contributed by atoms with E-state index in [0.717, 1.165) is 5.39 Å². The molecule has 3 heterocycles. The second kappa shape index (κ2) is 5.82. The van der Waals surface area contributed by atoms with E-state index < -0.39 is 0 Å². The lowest BCUT2D eigenvalue weighted by atomic mass is 10.2. The lowest BCUT2D eigenvalue weighted by Crippen LogP contribution is -2.04. The molecule has 8 heteroatoms. The van der Waals surface area contributed by atoms with Crippen molar-refractivity contribution in [2.75, 3.05) is 0 Å². The van der Waals surface area contributed by atoms with E-state index in [2.05, 4.69) is 25.3 Å². The van der Waals surface area contributed by atoms with Gasteiger partial charge in [-0.3, -0.25) is 5.10 Å². The molecule has 0 radical (unpaired) electrons. The number of hydrogen-bond acceptors (Lipinski definition) is 5. The molecule has 1 aromatic carbocycles. The second-order valence-electron chi connectivity index (χ2n) is 5.24. The highest BCUT2D eigenvalue weighted by Crippen LogP contribution is 2.25. The predicted molar refractivity (Wildman–Crippen MR) is 84.3 cm³/mol. The standard InChI is InChI=1S/C16H13FN6O/c17-12-6-2-1-4-10(12)8-23-16-11(5-3-7-18-16)14(22-23)15-19-13(9-24)20-21-15/h1-7,24H,8-9H2,(H,19,20,21). The van der Waals surface area contributed by atoms with E-state index in [1.165, 1.54) is 6.07 Å². The quantitative estimate of drug-likeness (QED) is 0.598. The number of nitrogens with zero attached hydrogens (tertiary/aromatic N) is 5. The fraction of sp³-hybridized carbons (Fsp3) is 0.125. The zero-order valence-corrected chi connectivity index (χ0v) is 12.5. The Morgan fingerprint density at radius 3 is 2.83 bits per heavy atom. The Morgan fingerprint density at radius 1 is 1.17 bits per heavy atom. The van der Waals surface area contributed by atoms with Gasteiger partial charge in [-0.2, -0.15) is 10.2 Å². The molecule has 0 fully saturated rings. The summed E-state index contributed by atoms with van der Waals surface area (Å²) in [6.07, 6.45) is 1.66. The van der Waals surface area contributed by atoms with Crippen molar-refractivity contribution in [3.8, 4) is 11.5 Å². The van der Waals surface area contributed by atoms with Gasteiger partial charge in [-0.1, -0.05) is 18.2 Å². The summed E-state index contributed by atoms with van der Waals surface area (Å²) in [5.41, 5.74) is 1.67. The van der Waals surface area contributed by atoms with Gasteiger partial charge in [0.2, 0.25) is 5.82 Å². The number of hydrogen-bond donors (Lipinski definition) is 2. The third kappa shape index (κ3) is 2.42. The van der Waals surface area contributed by atoms with Crippen LogP contribution in [0.25, 0.3) is 22.6 Å². The summed E-state index contributed by atoms with van der Waals surface area (Å²) >= 11 is 0. The van der Waals surface area contributed by atoms with Crippen LogP contribution in [0.2, 0.25) is 0 Å². The van der Waals surface area contributed by atoms with Crippen LogP contribution in [0, 0.1) is 5.82 Å². The molecule has 4 aromatic rings. The molecule has 24 heavy (non-hydrogen) atoms. The molecule has 0 aliphatic carbocycles. The Labute approximate surface area is 135 Å². The van der Waals surface area contributed by atoms with Gasteiger partial charge in [0, 0.05) is 11.8 Å². The third-order valence-electron chi connectivity index (χ3n) is 3.68. The summed E-state index contributed by atoms with van der Waals surface area (Å²) in [4.78, 5) is 8.54. The first-order valence-electron chi connectivity index (χ1n) is 7.33. The number of aliphatic hydroxyl groups excluding tert-OH is 1. The number of pyridine rings is 1. The van der Waals surface area contributed by atoms with E-state index in [1.54, 1.807) is 35.1 Å². The van der Waals surface area contributed by atoms with Crippen LogP contribution in [0.3, 0.4) is 0 Å². The van der Waals surface area contributed by atoms with Crippen LogP contribution in [-0.4, -0.2) is 35.1 Å². The summed E-state index contributed by atoms with van der Waals surface area (Å²) in [5, 5.41) is 21.1. The first kappa shape index (κ1) is 14.5. The highest BCUT2D eigenvalue weighted by atomic mass is 19.1. The largest absolute Gasteiger partial charge is 0.388 e. The van der Waals surface area contributed by atoms with Crippen molar-refractivity contribution in [1.29, 1.82) is 0 Å². The molecule has 4 rings (SSSR count). The van der Waals surface area contributed by atoms with Crippen LogP contribution >= 0.6 is 0 Å². The van der Waals surface area contributed by atoms with Crippen molar-refractivity contribution in [1.82, 2.24) is 29.9 Å². The third-order valence-corrected chi connectivity index (χ3v) is 3.68. The number of aromatic nitrogens is 6. The Bertz CT molecular complexity index is 1010. The van der Waals surface area contributed by atoms with Gasteiger partial charge in [-0.25, -0.2) is 19.0 Å². The van der Waals surface area contributed by atoms with Crippen molar-refractivity contribution >= 4 is 11.0 Å². The van der Waals surface area contributed by atoms with E-state index in [1.807, 2.05) is 6.07 Å². The van der Waals surface area contributed by atoms with Crippen LogP contribution in [0.15, 0.2) is 42.6 Å². The van der Waals surface area contributed by atoms with Crippen molar-refractivity contribution < 1.29 is 9.50 Å². The molecule has 7 nitrogen and oxygen atoms in total. The van der Waals surface area contributed by atoms with Crippen molar-refractivity contribution in [3.63, 3.8) is 0 Å². The van der Waals surface area contributed by atoms with E-state index in [0.29, 0.717) is 28.6 Å². The van der Waals surface area contributed by atoms with Crippen molar-refractivity contribution in [2.45, 2.75) is 13.2 Å². The topological polar surface area (TPSA) is 92.5 Å². The zero-order valence-electron chi connectivity index (χ0n) is 12.5. The molecular weight excluding hydrogens is 311 g/mol. The number of rotatable bonds is 4. The van der Waals surface area contributed by atoms with E-state index in [9.17, 15) is 4.39 Å². The van der Waals surface area contributed by atoms with Crippen molar-refractivity contribution in [3.05, 3.63) is 59.8 Å². The summed E-state index contributed by atoms with van der Waals surface area (Å²) in [7, 11) is 0. The minimum Gasteiger partial charge on any atom is -0.388 e. The monoisotopic (exact) mass is 324 g/mol. The van der Waals surface area contributed by atoms with E-state index in [-0.39, 0.29) is 19.0 Å². The zero-order chi connectivity index (χ0) is 16.5. The minimum absolute atomic E-state index is 0.237. The maximum Gasteiger partial charge on any atom is 0.202 e. The minimum atomic E-state index is -0.293. The van der Waals surface area contributed by atoms with Gasteiger partial charge in [-0.05, 0) is 18.2 Å². The molecule has 0 amide bonds. The molecule has 120 valence electrons. The fourth-order valence-corrected chi connectivity index (χ4v) is 2.54. The van der Waals surface area contributed by atoms with Gasteiger partial charge in [0.15, 0.2) is 11.5 Å². The SMILES string of the molecule is OCc1nc(-c2nn(Cc3ccccc3F)c3ncccc23)n[nH]1. The van der Waals surface area contributed by atoms with Gasteiger partial charge in [0.1, 0.15) is 18.1 Å². The second-order valence-corrected chi connectivity index (χ2v) is 5.24. The summed E-state index contributed by atoms with van der Waals surface area (Å²) in [5.74, 6) is 0.425. The first-order chi connectivity index (χ1) is 11.8. The number of aromatic amines is 1. The van der Waals surface area contributed by atoms with Gasteiger partial charge in [-0.15, -0.1) is 0 Å². The summed E-state index contributed by atoms with van der Waals surface area (Å²) in [6, 6.07) is 10.2. The van der Waals surface area contributed by atoms with Gasteiger partial charge in [0.05, 0.1) is 11.9 Å².